The average Bonchev–Trinajstić information content (AvgIpc) is 1.89. The van der Waals surface area contributed by atoms with Crippen LogP contribution < -0.4 is 67.9 Å². The minimum atomic E-state index is 0. The summed E-state index contributed by atoms with van der Waals surface area (Å²) in [7, 11) is 3.30. The van der Waals surface area contributed by atoms with Gasteiger partial charge < -0.3 is 82.1 Å². The zero-order valence-electron chi connectivity index (χ0n) is 8.98. The third kappa shape index (κ3) is 47.2. The molecule has 88 valence electrons. The molecule has 0 aromatic carbocycles. The number of ether oxygens (including phenoxy) is 3. The van der Waals surface area contributed by atoms with Crippen molar-refractivity contribution >= 4 is 0 Å². The van der Waals surface area contributed by atoms with Gasteiger partial charge >= 0.3 is 39.0 Å². The van der Waals surface area contributed by atoms with Gasteiger partial charge in [-0.05, 0) is 0 Å². The molecule has 0 atom stereocenters. The second-order valence-corrected chi connectivity index (χ2v) is 1.60. The second-order valence-electron chi connectivity index (χ2n) is 1.60. The molecule has 0 radical (unpaired) electrons. The predicted octanol–water partition coefficient (Wildman–Crippen LogP) is -11.7. The number of rotatable bonds is 6. The van der Waals surface area contributed by atoms with Crippen molar-refractivity contribution in [2.75, 3.05) is 40.6 Å². The largest absolute Gasteiger partial charge is 2.00 e. The van der Waals surface area contributed by atoms with Crippen LogP contribution in [0.2, 0.25) is 0 Å². The third-order valence-electron chi connectivity index (χ3n) is 0.864. The van der Waals surface area contributed by atoms with E-state index in [1.54, 1.807) is 14.2 Å². The maximum atomic E-state index is 5.06. The summed E-state index contributed by atoms with van der Waals surface area (Å²) in [5, 5.41) is 0. The zero-order valence-corrected chi connectivity index (χ0v) is 21.3. The van der Waals surface area contributed by atoms with Crippen LogP contribution in [-0.4, -0.2) is 40.6 Å². The van der Waals surface area contributed by atoms with E-state index in [1.807, 2.05) is 0 Å². The summed E-state index contributed by atoms with van der Waals surface area (Å²) >= 11 is 0. The van der Waals surface area contributed by atoms with Crippen molar-refractivity contribution in [3.63, 3.8) is 0 Å². The van der Waals surface area contributed by atoms with Crippen molar-refractivity contribution in [1.29, 1.82) is 0 Å². The van der Waals surface area contributed by atoms with Gasteiger partial charge in [-0.3, -0.25) is 0 Å². The van der Waals surface area contributed by atoms with Gasteiger partial charge in [0.05, 0.1) is 26.4 Å². The summed E-state index contributed by atoms with van der Waals surface area (Å²) in [6.45, 7) is 2.62. The van der Waals surface area contributed by atoms with Crippen LogP contribution in [0.25, 0.3) is 0 Å². The Morgan fingerprint density at radius 1 is 0.600 bits per heavy atom. The van der Waals surface area contributed by atoms with Crippen LogP contribution >= 0.6 is 0 Å². The molecule has 0 unspecified atom stereocenters. The topological polar surface area (TPSA) is 27.7 Å². The number of methoxy groups -OCH3 is 2. The van der Waals surface area contributed by atoms with E-state index in [1.165, 1.54) is 0 Å². The Labute approximate surface area is 160 Å². The Morgan fingerprint density at radius 2 is 0.867 bits per heavy atom. The fraction of sp³-hybridized carbons (Fsp3) is 1.00. The second kappa shape index (κ2) is 43.5. The van der Waals surface area contributed by atoms with Crippen LogP contribution in [-0.2, 0) is 53.2 Å². The Morgan fingerprint density at radius 3 is 1.07 bits per heavy atom. The zero-order chi connectivity index (χ0) is 6.95. The van der Waals surface area contributed by atoms with E-state index in [4.69, 9.17) is 14.2 Å². The first-order chi connectivity index (χ1) is 4.41. The van der Waals surface area contributed by atoms with Crippen LogP contribution in [0.15, 0.2) is 0 Å². The van der Waals surface area contributed by atoms with E-state index in [0.29, 0.717) is 26.4 Å². The molecular formula is C6H14Br4O3Zn2. The predicted molar refractivity (Wildman–Crippen MR) is 34.6 cm³/mol. The molecule has 3 nitrogen and oxygen atoms in total. The molecule has 0 saturated heterocycles. The first kappa shape index (κ1) is 43.0. The molecule has 0 bridgehead atoms. The van der Waals surface area contributed by atoms with E-state index in [9.17, 15) is 0 Å². The molecule has 0 heterocycles. The van der Waals surface area contributed by atoms with Gasteiger partial charge in [0.2, 0.25) is 0 Å². The molecule has 0 amide bonds. The summed E-state index contributed by atoms with van der Waals surface area (Å²) in [5.74, 6) is 0. The van der Waals surface area contributed by atoms with E-state index in [2.05, 4.69) is 0 Å². The average molecular weight is 585 g/mol. The molecule has 0 aliphatic rings. The van der Waals surface area contributed by atoms with Gasteiger partial charge in [0.1, 0.15) is 0 Å². The molecule has 15 heavy (non-hydrogen) atoms. The van der Waals surface area contributed by atoms with Crippen molar-refractivity contribution in [3.8, 4) is 0 Å². The van der Waals surface area contributed by atoms with Gasteiger partial charge in [-0.1, -0.05) is 0 Å². The van der Waals surface area contributed by atoms with Crippen LogP contribution in [0.1, 0.15) is 0 Å². The molecule has 0 N–H and O–H groups in total. The molecule has 0 aliphatic heterocycles. The van der Waals surface area contributed by atoms with Gasteiger partial charge in [-0.15, -0.1) is 0 Å². The minimum Gasteiger partial charge on any atom is -1.00 e. The quantitative estimate of drug-likeness (QED) is 0.230. The first-order valence-electron chi connectivity index (χ1n) is 2.97. The van der Waals surface area contributed by atoms with E-state index < -0.39 is 0 Å². The van der Waals surface area contributed by atoms with E-state index in [0.717, 1.165) is 0 Å². The Kier molecular flexibility index (Phi) is 125. The number of hydrogen-bond donors (Lipinski definition) is 0. The fourth-order valence-electron chi connectivity index (χ4n) is 0.387. The summed E-state index contributed by atoms with van der Waals surface area (Å²) in [5.41, 5.74) is 0. The molecule has 0 saturated carbocycles. The molecular weight excluding hydrogens is 570 g/mol. The summed E-state index contributed by atoms with van der Waals surface area (Å²) in [6, 6.07) is 0. The number of halogens is 4. The van der Waals surface area contributed by atoms with Gasteiger partial charge in [0, 0.05) is 14.2 Å². The maximum Gasteiger partial charge on any atom is 2.00 e. The van der Waals surface area contributed by atoms with Crippen LogP contribution in [0.3, 0.4) is 0 Å². The summed E-state index contributed by atoms with van der Waals surface area (Å²) < 4.78 is 14.6. The van der Waals surface area contributed by atoms with Crippen molar-refractivity contribution in [3.05, 3.63) is 0 Å². The summed E-state index contributed by atoms with van der Waals surface area (Å²) in [4.78, 5) is 0. The van der Waals surface area contributed by atoms with Crippen molar-refractivity contribution < 1.29 is 121 Å². The van der Waals surface area contributed by atoms with Crippen molar-refractivity contribution in [2.24, 2.45) is 0 Å². The van der Waals surface area contributed by atoms with Gasteiger partial charge in [0.15, 0.2) is 0 Å². The normalized spacial score (nSPS) is 6.00. The molecule has 0 rings (SSSR count). The molecule has 0 aromatic rings. The SMILES string of the molecule is COCCOCCOC.[Br-].[Br-].[Br-].[Br-].[Zn+2].[Zn+2]. The molecule has 0 aliphatic carbocycles. The number of hydrogen-bond acceptors (Lipinski definition) is 3. The maximum absolute atomic E-state index is 5.06. The fourth-order valence-corrected chi connectivity index (χ4v) is 0.387. The van der Waals surface area contributed by atoms with Crippen LogP contribution in [0, 0.1) is 0 Å². The molecule has 0 fully saturated rings. The molecule has 0 spiro atoms. The van der Waals surface area contributed by atoms with Crippen molar-refractivity contribution in [1.82, 2.24) is 0 Å². The minimum absolute atomic E-state index is 0. The standard InChI is InChI=1S/C6H14O3.4BrH.2Zn/c1-7-3-5-9-6-4-8-2;;;;;;/h3-6H2,1-2H3;4*1H;;/q;;;;;2*+2/p-4. The monoisotopic (exact) mass is 578 g/mol. The van der Waals surface area contributed by atoms with Crippen LogP contribution in [0.5, 0.6) is 0 Å². The van der Waals surface area contributed by atoms with Crippen LogP contribution in [0.4, 0.5) is 0 Å². The van der Waals surface area contributed by atoms with E-state index >= 15 is 0 Å². The van der Waals surface area contributed by atoms with E-state index in [-0.39, 0.29) is 107 Å². The Bertz CT molecular complexity index is 61.6. The smallest absolute Gasteiger partial charge is 1.00 e. The van der Waals surface area contributed by atoms with Crippen molar-refractivity contribution in [2.45, 2.75) is 0 Å². The first-order valence-corrected chi connectivity index (χ1v) is 2.97. The molecule has 0 aromatic heterocycles. The molecule has 9 heteroatoms. The van der Waals surface area contributed by atoms with Gasteiger partial charge in [0.25, 0.3) is 0 Å². The Hall–Kier alpha value is 3.05. The third-order valence-corrected chi connectivity index (χ3v) is 0.864. The summed E-state index contributed by atoms with van der Waals surface area (Å²) in [6.07, 6.45) is 0. The van der Waals surface area contributed by atoms with Gasteiger partial charge in [-0.25, -0.2) is 0 Å². The Balaban J connectivity index is -0.0000000213. The van der Waals surface area contributed by atoms with Gasteiger partial charge in [-0.2, -0.15) is 0 Å².